The first kappa shape index (κ1) is 15.5. The van der Waals surface area contributed by atoms with E-state index in [1.54, 1.807) is 0 Å². The van der Waals surface area contributed by atoms with E-state index < -0.39 is 0 Å². The van der Waals surface area contributed by atoms with E-state index in [9.17, 15) is 0 Å². The first-order valence-electron chi connectivity index (χ1n) is 8.15. The lowest BCUT2D eigenvalue weighted by Crippen LogP contribution is -2.25. The van der Waals surface area contributed by atoms with Gasteiger partial charge in [0.1, 0.15) is 0 Å². The van der Waals surface area contributed by atoms with Crippen molar-refractivity contribution in [2.75, 3.05) is 19.7 Å². The van der Waals surface area contributed by atoms with Crippen LogP contribution in [0.3, 0.4) is 0 Å². The Labute approximate surface area is 123 Å². The van der Waals surface area contributed by atoms with Gasteiger partial charge in [0.05, 0.1) is 6.10 Å². The molecule has 1 aliphatic rings. The maximum Gasteiger partial charge on any atom is 0.0576 e. The second kappa shape index (κ2) is 8.43. The molecule has 1 aliphatic heterocycles. The number of aryl methyl sites for hydroxylation is 1. The third-order valence-corrected chi connectivity index (χ3v) is 4.25. The van der Waals surface area contributed by atoms with Gasteiger partial charge >= 0.3 is 0 Å². The molecule has 1 N–H and O–H groups in total. The summed E-state index contributed by atoms with van der Waals surface area (Å²) in [6.45, 7) is 7.49. The summed E-state index contributed by atoms with van der Waals surface area (Å²) in [5.74, 6) is 0.724. The molecule has 0 spiro atoms. The summed E-state index contributed by atoms with van der Waals surface area (Å²) in [5.41, 5.74) is 2.81. The largest absolute Gasteiger partial charge is 0.378 e. The van der Waals surface area contributed by atoms with Crippen LogP contribution in [-0.4, -0.2) is 25.8 Å². The monoisotopic (exact) mass is 275 g/mol. The minimum atomic E-state index is 0.525. The average Bonchev–Trinajstić information content (AvgIpc) is 2.97. The molecular weight excluding hydrogens is 246 g/mol. The van der Waals surface area contributed by atoms with E-state index in [0.717, 1.165) is 25.6 Å². The lowest BCUT2D eigenvalue weighted by atomic mass is 9.92. The topological polar surface area (TPSA) is 21.3 Å². The van der Waals surface area contributed by atoms with Crippen molar-refractivity contribution in [3.8, 4) is 0 Å². The summed E-state index contributed by atoms with van der Waals surface area (Å²) in [6, 6.07) is 9.00. The van der Waals surface area contributed by atoms with Crippen molar-refractivity contribution >= 4 is 0 Å². The summed E-state index contributed by atoms with van der Waals surface area (Å²) in [5, 5.41) is 3.51. The zero-order chi connectivity index (χ0) is 14.2. The van der Waals surface area contributed by atoms with Gasteiger partial charge in [0.2, 0.25) is 0 Å². The molecule has 1 aromatic rings. The van der Waals surface area contributed by atoms with Crippen molar-refractivity contribution in [2.24, 2.45) is 5.92 Å². The fourth-order valence-corrected chi connectivity index (χ4v) is 2.98. The Morgan fingerprint density at radius 1 is 1.30 bits per heavy atom. The van der Waals surface area contributed by atoms with Crippen LogP contribution in [0.2, 0.25) is 0 Å². The highest BCUT2D eigenvalue weighted by atomic mass is 16.5. The first-order valence-corrected chi connectivity index (χ1v) is 8.15. The molecule has 0 radical (unpaired) electrons. The quantitative estimate of drug-likeness (QED) is 0.780. The molecule has 2 nitrogen and oxygen atoms in total. The fourth-order valence-electron chi connectivity index (χ4n) is 2.98. The van der Waals surface area contributed by atoms with Crippen LogP contribution in [0.25, 0.3) is 0 Å². The van der Waals surface area contributed by atoms with Crippen LogP contribution in [0.4, 0.5) is 0 Å². The molecule has 0 aromatic heterocycles. The predicted molar refractivity (Wildman–Crippen MR) is 85.1 cm³/mol. The van der Waals surface area contributed by atoms with E-state index in [2.05, 4.69) is 43.4 Å². The van der Waals surface area contributed by atoms with Crippen molar-refractivity contribution in [3.05, 3.63) is 35.4 Å². The molecule has 2 rings (SSSR count). The molecule has 1 heterocycles. The summed E-state index contributed by atoms with van der Waals surface area (Å²) in [6.07, 6.45) is 6.71. The van der Waals surface area contributed by atoms with Crippen molar-refractivity contribution in [3.63, 3.8) is 0 Å². The smallest absolute Gasteiger partial charge is 0.0576 e. The van der Waals surface area contributed by atoms with E-state index in [0.29, 0.717) is 6.10 Å². The SMILES string of the molecule is CCNCC(CCC1CCCO1)Cc1ccc(C)cc1. The molecule has 0 saturated carbocycles. The molecule has 1 fully saturated rings. The second-order valence-corrected chi connectivity index (χ2v) is 6.08. The maximum absolute atomic E-state index is 5.75. The number of hydrogen-bond donors (Lipinski definition) is 1. The highest BCUT2D eigenvalue weighted by Crippen LogP contribution is 2.21. The Morgan fingerprint density at radius 3 is 2.75 bits per heavy atom. The Hall–Kier alpha value is -0.860. The van der Waals surface area contributed by atoms with Gasteiger partial charge in [-0.3, -0.25) is 0 Å². The molecule has 1 aromatic carbocycles. The Bertz CT molecular complexity index is 368. The summed E-state index contributed by atoms with van der Waals surface area (Å²) < 4.78 is 5.75. The van der Waals surface area contributed by atoms with Gasteiger partial charge in [0, 0.05) is 6.61 Å². The van der Waals surface area contributed by atoms with Gasteiger partial charge in [0.25, 0.3) is 0 Å². The zero-order valence-electron chi connectivity index (χ0n) is 13.0. The van der Waals surface area contributed by atoms with Gasteiger partial charge in [0.15, 0.2) is 0 Å². The van der Waals surface area contributed by atoms with Gasteiger partial charge in [-0.15, -0.1) is 0 Å². The number of nitrogens with one attached hydrogen (secondary N) is 1. The van der Waals surface area contributed by atoms with E-state index in [-0.39, 0.29) is 0 Å². The van der Waals surface area contributed by atoms with Gasteiger partial charge in [-0.05, 0) is 63.6 Å². The summed E-state index contributed by atoms with van der Waals surface area (Å²) in [7, 11) is 0. The molecule has 112 valence electrons. The molecule has 20 heavy (non-hydrogen) atoms. The number of hydrogen-bond acceptors (Lipinski definition) is 2. The molecule has 1 saturated heterocycles. The first-order chi connectivity index (χ1) is 9.78. The lowest BCUT2D eigenvalue weighted by molar-refractivity contribution is 0.0979. The predicted octanol–water partition coefficient (Wildman–Crippen LogP) is 3.72. The maximum atomic E-state index is 5.75. The third kappa shape index (κ3) is 5.26. The third-order valence-electron chi connectivity index (χ3n) is 4.25. The fraction of sp³-hybridized carbons (Fsp3) is 0.667. The molecular formula is C18H29NO. The molecule has 0 amide bonds. The number of benzene rings is 1. The Balaban J connectivity index is 1.83. The molecule has 0 aliphatic carbocycles. The lowest BCUT2D eigenvalue weighted by Gasteiger charge is -2.19. The molecule has 2 atom stereocenters. The van der Waals surface area contributed by atoms with E-state index in [4.69, 9.17) is 4.74 Å². The van der Waals surface area contributed by atoms with Crippen molar-refractivity contribution < 1.29 is 4.74 Å². The molecule has 0 bridgehead atoms. The van der Waals surface area contributed by atoms with Crippen LogP contribution in [0.5, 0.6) is 0 Å². The van der Waals surface area contributed by atoms with Crippen LogP contribution in [-0.2, 0) is 11.2 Å². The highest BCUT2D eigenvalue weighted by molar-refractivity contribution is 5.21. The summed E-state index contributed by atoms with van der Waals surface area (Å²) >= 11 is 0. The highest BCUT2D eigenvalue weighted by Gasteiger charge is 2.18. The van der Waals surface area contributed by atoms with Crippen molar-refractivity contribution in [1.29, 1.82) is 0 Å². The second-order valence-electron chi connectivity index (χ2n) is 6.08. The average molecular weight is 275 g/mol. The number of ether oxygens (including phenoxy) is 1. The number of rotatable bonds is 8. The van der Waals surface area contributed by atoms with Gasteiger partial charge in [-0.25, -0.2) is 0 Å². The Morgan fingerprint density at radius 2 is 2.10 bits per heavy atom. The van der Waals surface area contributed by atoms with E-state index >= 15 is 0 Å². The standard InChI is InChI=1S/C18H29NO/c1-3-19-14-17(10-11-18-5-4-12-20-18)13-16-8-6-15(2)7-9-16/h6-9,17-19H,3-5,10-14H2,1-2H3. The van der Waals surface area contributed by atoms with E-state index in [1.807, 2.05) is 0 Å². The van der Waals surface area contributed by atoms with E-state index in [1.165, 1.54) is 43.2 Å². The zero-order valence-corrected chi connectivity index (χ0v) is 13.0. The van der Waals surface area contributed by atoms with Crippen LogP contribution in [0.15, 0.2) is 24.3 Å². The van der Waals surface area contributed by atoms with Gasteiger partial charge in [-0.1, -0.05) is 36.8 Å². The molecule has 2 unspecified atom stereocenters. The minimum absolute atomic E-state index is 0.525. The van der Waals surface area contributed by atoms with Crippen LogP contribution in [0.1, 0.15) is 43.7 Å². The van der Waals surface area contributed by atoms with Crippen molar-refractivity contribution in [2.45, 2.75) is 52.1 Å². The minimum Gasteiger partial charge on any atom is -0.378 e. The Kier molecular flexibility index (Phi) is 6.55. The van der Waals surface area contributed by atoms with Gasteiger partial charge in [-0.2, -0.15) is 0 Å². The molecule has 2 heteroatoms. The van der Waals surface area contributed by atoms with Crippen LogP contribution < -0.4 is 5.32 Å². The van der Waals surface area contributed by atoms with Crippen LogP contribution >= 0.6 is 0 Å². The van der Waals surface area contributed by atoms with Crippen LogP contribution in [0, 0.1) is 12.8 Å². The summed E-state index contributed by atoms with van der Waals surface area (Å²) in [4.78, 5) is 0. The van der Waals surface area contributed by atoms with Gasteiger partial charge < -0.3 is 10.1 Å². The normalized spacial score (nSPS) is 20.2. The van der Waals surface area contributed by atoms with Crippen molar-refractivity contribution in [1.82, 2.24) is 5.32 Å².